The Balaban J connectivity index is 1.25. The Labute approximate surface area is 274 Å². The Hall–Kier alpha value is -3.95. The van der Waals surface area contributed by atoms with Gasteiger partial charge < -0.3 is 24.7 Å². The van der Waals surface area contributed by atoms with E-state index in [1.54, 1.807) is 11.8 Å². The van der Waals surface area contributed by atoms with Crippen LogP contribution in [0.4, 0.5) is 4.79 Å². The number of benzene rings is 3. The van der Waals surface area contributed by atoms with Crippen LogP contribution in [0.25, 0.3) is 11.1 Å². The van der Waals surface area contributed by atoms with E-state index in [0.717, 1.165) is 27.8 Å². The first-order valence-corrected chi connectivity index (χ1v) is 19.2. The summed E-state index contributed by atoms with van der Waals surface area (Å²) >= 11 is 0. The van der Waals surface area contributed by atoms with Crippen LogP contribution >= 0.6 is 0 Å². The molecule has 3 aromatic rings. The van der Waals surface area contributed by atoms with Gasteiger partial charge in [-0.1, -0.05) is 99.6 Å². The van der Waals surface area contributed by atoms with E-state index in [0.29, 0.717) is 26.0 Å². The molecule has 1 heterocycles. The van der Waals surface area contributed by atoms with Crippen LogP contribution in [0.3, 0.4) is 0 Å². The van der Waals surface area contributed by atoms with E-state index in [4.69, 9.17) is 9.16 Å². The van der Waals surface area contributed by atoms with Crippen molar-refractivity contribution in [2.45, 2.75) is 89.3 Å². The van der Waals surface area contributed by atoms with Crippen LogP contribution < -0.4 is 10.6 Å². The van der Waals surface area contributed by atoms with Crippen LogP contribution in [0.15, 0.2) is 78.9 Å². The number of ether oxygens (including phenoxy) is 1. The molecule has 0 saturated carbocycles. The lowest BCUT2D eigenvalue weighted by molar-refractivity contribution is -0.142. The van der Waals surface area contributed by atoms with Gasteiger partial charge in [-0.2, -0.15) is 0 Å². The van der Waals surface area contributed by atoms with Crippen LogP contribution in [-0.2, 0) is 25.3 Å². The van der Waals surface area contributed by atoms with Gasteiger partial charge in [-0.3, -0.25) is 9.59 Å². The Kier molecular flexibility index (Phi) is 10.0. The van der Waals surface area contributed by atoms with Crippen LogP contribution in [0.1, 0.15) is 63.1 Å². The fraction of sp³-hybridized carbons (Fsp3) is 0.432. The van der Waals surface area contributed by atoms with E-state index >= 15 is 0 Å². The second-order valence-corrected chi connectivity index (χ2v) is 18.8. The van der Waals surface area contributed by atoms with Gasteiger partial charge in [0.25, 0.3) is 0 Å². The number of carbonyl (C=O) groups is 3. The average molecular weight is 642 g/mol. The minimum Gasteiger partial charge on any atom is -0.449 e. The molecule has 1 saturated heterocycles. The van der Waals surface area contributed by atoms with E-state index in [-0.39, 0.29) is 35.4 Å². The first-order valence-electron chi connectivity index (χ1n) is 16.3. The maximum Gasteiger partial charge on any atom is 0.407 e. The zero-order chi connectivity index (χ0) is 33.1. The van der Waals surface area contributed by atoms with Gasteiger partial charge in [-0.05, 0) is 65.7 Å². The van der Waals surface area contributed by atoms with Crippen LogP contribution in [0.5, 0.6) is 0 Å². The number of rotatable bonds is 10. The fourth-order valence-electron chi connectivity index (χ4n) is 6.16. The smallest absolute Gasteiger partial charge is 0.407 e. The average Bonchev–Trinajstić information content (AvgIpc) is 3.60. The number of hydrogen-bond acceptors (Lipinski definition) is 5. The third-order valence-corrected chi connectivity index (χ3v) is 14.4. The van der Waals surface area contributed by atoms with Crippen LogP contribution in [0, 0.1) is 0 Å². The molecule has 3 aromatic carbocycles. The maximum absolute atomic E-state index is 14.0. The molecule has 3 atom stereocenters. The zero-order valence-corrected chi connectivity index (χ0v) is 28.8. The van der Waals surface area contributed by atoms with Crippen LogP contribution in [-0.4, -0.2) is 62.5 Å². The number of alkyl carbamates (subject to hydrolysis) is 1. The van der Waals surface area contributed by atoms with Crippen molar-refractivity contribution in [3.63, 3.8) is 0 Å². The molecule has 1 aliphatic carbocycles. The van der Waals surface area contributed by atoms with Gasteiger partial charge in [0.1, 0.15) is 18.7 Å². The van der Waals surface area contributed by atoms with E-state index < -0.39 is 26.5 Å². The van der Waals surface area contributed by atoms with E-state index in [1.807, 2.05) is 54.6 Å². The number of hydrogen-bond donors (Lipinski definition) is 2. The predicted octanol–water partition coefficient (Wildman–Crippen LogP) is 6.61. The molecule has 244 valence electrons. The van der Waals surface area contributed by atoms with E-state index in [2.05, 4.69) is 68.8 Å². The molecular formula is C37H47N3O5Si. The molecule has 5 rings (SSSR count). The molecule has 8 nitrogen and oxygen atoms in total. The lowest BCUT2D eigenvalue weighted by Crippen LogP contribution is -2.56. The SMILES string of the molecule is C[C@H](NC(=O)OCC1c2ccccc2-c2ccccc21)C(=O)N1[C@@H](CO[Si](C)(C)C(C)(C)C)CC[C@H]1C(=O)NCc1ccccc1. The van der Waals surface area contributed by atoms with Crippen molar-refractivity contribution in [2.75, 3.05) is 13.2 Å². The molecule has 2 N–H and O–H groups in total. The second kappa shape index (κ2) is 13.8. The van der Waals surface area contributed by atoms with Gasteiger partial charge in [0.05, 0.1) is 12.6 Å². The molecule has 1 fully saturated rings. The molecule has 0 bridgehead atoms. The summed E-state index contributed by atoms with van der Waals surface area (Å²) in [7, 11) is -2.10. The third-order valence-electron chi connectivity index (χ3n) is 9.86. The highest BCUT2D eigenvalue weighted by molar-refractivity contribution is 6.74. The second-order valence-electron chi connectivity index (χ2n) is 14.0. The molecule has 0 aromatic heterocycles. The Morgan fingerprint density at radius 1 is 0.870 bits per heavy atom. The lowest BCUT2D eigenvalue weighted by atomic mass is 9.98. The summed E-state index contributed by atoms with van der Waals surface area (Å²) in [5.41, 5.74) is 5.51. The monoisotopic (exact) mass is 641 g/mol. The molecule has 9 heteroatoms. The molecule has 3 amide bonds. The first-order chi connectivity index (χ1) is 21.9. The molecule has 2 aliphatic rings. The molecule has 46 heavy (non-hydrogen) atoms. The van der Waals surface area contributed by atoms with Crippen molar-refractivity contribution in [3.05, 3.63) is 95.6 Å². The summed E-state index contributed by atoms with van der Waals surface area (Å²) in [6, 6.07) is 24.2. The summed E-state index contributed by atoms with van der Waals surface area (Å²) in [5.74, 6) is -0.618. The summed E-state index contributed by atoms with van der Waals surface area (Å²) < 4.78 is 12.3. The van der Waals surface area contributed by atoms with Gasteiger partial charge in [0, 0.05) is 12.5 Å². The van der Waals surface area contributed by atoms with Crippen LogP contribution in [0.2, 0.25) is 18.1 Å². The van der Waals surface area contributed by atoms with Crippen molar-refractivity contribution in [1.29, 1.82) is 0 Å². The Morgan fingerprint density at radius 2 is 1.46 bits per heavy atom. The quantitative estimate of drug-likeness (QED) is 0.243. The number of carbonyl (C=O) groups excluding carboxylic acids is 3. The number of nitrogens with one attached hydrogen (secondary N) is 2. The van der Waals surface area contributed by atoms with Crippen molar-refractivity contribution in [3.8, 4) is 11.1 Å². The highest BCUT2D eigenvalue weighted by atomic mass is 28.4. The standard InChI is InChI=1S/C37H47N3O5Si/c1-25(39-36(43)44-24-32-30-18-12-10-16-28(30)29-17-11-13-19-31(29)32)35(42)40-27(23-45-46(5,6)37(2,3)4)20-21-33(40)34(41)38-22-26-14-8-7-9-15-26/h7-19,25,27,32-33H,20-24H2,1-6H3,(H,38,41)(H,39,43)/t25-,27+,33-/m0/s1. The normalized spacial score (nSPS) is 18.4. The van der Waals surface area contributed by atoms with Crippen molar-refractivity contribution in [1.82, 2.24) is 15.5 Å². The minimum absolute atomic E-state index is 0.00581. The van der Waals surface area contributed by atoms with Gasteiger partial charge in [0.15, 0.2) is 8.32 Å². The van der Waals surface area contributed by atoms with E-state index in [9.17, 15) is 14.4 Å². The van der Waals surface area contributed by atoms with E-state index in [1.165, 1.54) is 0 Å². The molecule has 0 unspecified atom stereocenters. The summed E-state index contributed by atoms with van der Waals surface area (Å²) in [6.07, 6.45) is 0.498. The highest BCUT2D eigenvalue weighted by Crippen LogP contribution is 2.44. The fourth-order valence-corrected chi connectivity index (χ4v) is 7.21. The molecule has 0 radical (unpaired) electrons. The van der Waals surface area contributed by atoms with Crippen molar-refractivity contribution >= 4 is 26.2 Å². The van der Waals surface area contributed by atoms with Gasteiger partial charge in [-0.25, -0.2) is 4.79 Å². The maximum atomic E-state index is 14.0. The minimum atomic E-state index is -2.10. The number of amides is 3. The molecule has 1 aliphatic heterocycles. The largest absolute Gasteiger partial charge is 0.449 e. The van der Waals surface area contributed by atoms with Gasteiger partial charge in [-0.15, -0.1) is 0 Å². The Morgan fingerprint density at radius 3 is 2.07 bits per heavy atom. The molecular weight excluding hydrogens is 595 g/mol. The topological polar surface area (TPSA) is 97.0 Å². The third kappa shape index (κ3) is 7.21. The lowest BCUT2D eigenvalue weighted by Gasteiger charge is -2.39. The molecule has 0 spiro atoms. The highest BCUT2D eigenvalue weighted by Gasteiger charge is 2.45. The Bertz CT molecular complexity index is 1510. The van der Waals surface area contributed by atoms with Gasteiger partial charge in [0.2, 0.25) is 11.8 Å². The van der Waals surface area contributed by atoms with Gasteiger partial charge >= 0.3 is 6.09 Å². The zero-order valence-electron chi connectivity index (χ0n) is 27.8. The first kappa shape index (κ1) is 33.4. The number of fused-ring (bicyclic) bond motifs is 3. The van der Waals surface area contributed by atoms with Crippen molar-refractivity contribution < 1.29 is 23.5 Å². The summed E-state index contributed by atoms with van der Waals surface area (Å²) in [6.45, 7) is 13.4. The number of likely N-dealkylation sites (tertiary alicyclic amines) is 1. The number of nitrogens with zero attached hydrogens (tertiary/aromatic N) is 1. The summed E-state index contributed by atoms with van der Waals surface area (Å²) in [4.78, 5) is 42.2. The van der Waals surface area contributed by atoms with Crippen molar-refractivity contribution in [2.24, 2.45) is 0 Å². The predicted molar refractivity (Wildman–Crippen MR) is 183 cm³/mol. The summed E-state index contributed by atoms with van der Waals surface area (Å²) in [5, 5.41) is 5.77.